The van der Waals surface area contributed by atoms with Gasteiger partial charge in [0.2, 0.25) is 0 Å². The molecule has 0 aromatic heterocycles. The number of rotatable bonds is 0. The first-order chi connectivity index (χ1) is 7.30. The maximum Gasteiger partial charge on any atom is 0.0964 e. The third kappa shape index (κ3) is 1.48. The summed E-state index contributed by atoms with van der Waals surface area (Å²) in [5, 5.41) is 0. The Labute approximate surface area is 94.9 Å². The van der Waals surface area contributed by atoms with Crippen LogP contribution in [-0.2, 0) is 16.9 Å². The van der Waals surface area contributed by atoms with Gasteiger partial charge in [-0.1, -0.05) is 24.3 Å². The van der Waals surface area contributed by atoms with Gasteiger partial charge in [0.05, 0.1) is 12.2 Å². The Bertz CT molecular complexity index is 372. The fourth-order valence-corrected chi connectivity index (χ4v) is 2.81. The summed E-state index contributed by atoms with van der Waals surface area (Å²) in [6, 6.07) is 8.55. The van der Waals surface area contributed by atoms with Crippen LogP contribution in [0.5, 0.6) is 0 Å². The Morgan fingerprint density at radius 1 is 1.20 bits per heavy atom. The first-order valence-corrected chi connectivity index (χ1v) is 5.77. The quantitative estimate of drug-likeness (QED) is 0.627. The number of halogens is 1. The lowest BCUT2D eigenvalue weighted by molar-refractivity contribution is -0.0688. The van der Waals surface area contributed by atoms with Crippen molar-refractivity contribution in [3.8, 4) is 0 Å². The van der Waals surface area contributed by atoms with Gasteiger partial charge in [0.15, 0.2) is 0 Å². The Balaban J connectivity index is 1.95. The molecule has 1 saturated heterocycles. The van der Waals surface area contributed by atoms with E-state index in [0.29, 0.717) is 0 Å². The molecule has 2 aliphatic rings. The minimum absolute atomic E-state index is 0.0397. The highest BCUT2D eigenvalue weighted by atomic mass is 35.5. The van der Waals surface area contributed by atoms with E-state index in [4.69, 9.17) is 16.5 Å². The van der Waals surface area contributed by atoms with Crippen LogP contribution in [0.3, 0.4) is 0 Å². The van der Waals surface area contributed by atoms with Crippen LogP contribution in [0, 0.1) is 0 Å². The van der Waals surface area contributed by atoms with E-state index in [9.17, 15) is 0 Å². The van der Waals surface area contributed by atoms with Gasteiger partial charge in [0.25, 0.3) is 0 Å². The number of benzene rings is 1. The average Bonchev–Trinajstić information content (AvgIpc) is 2.63. The maximum atomic E-state index is 6.01. The molecule has 3 rings (SSSR count). The van der Waals surface area contributed by atoms with Crippen LogP contribution in [0.2, 0.25) is 0 Å². The minimum Gasteiger partial charge on any atom is -0.365 e. The zero-order chi connectivity index (χ0) is 10.3. The second kappa shape index (κ2) is 3.48. The molecule has 1 spiro atoms. The zero-order valence-electron chi connectivity index (χ0n) is 8.58. The summed E-state index contributed by atoms with van der Waals surface area (Å²) in [6.07, 6.45) is 2.01. The van der Waals surface area contributed by atoms with E-state index in [1.807, 2.05) is 4.42 Å². The van der Waals surface area contributed by atoms with Gasteiger partial charge in [-0.05, 0) is 35.7 Å². The summed E-state index contributed by atoms with van der Waals surface area (Å²) < 4.78 is 7.87. The van der Waals surface area contributed by atoms with Crippen LogP contribution < -0.4 is 0 Å². The Kier molecular flexibility index (Phi) is 2.23. The molecule has 0 saturated carbocycles. The number of hydrogen-bond acceptors (Lipinski definition) is 2. The Hall–Kier alpha value is -0.570. The van der Waals surface area contributed by atoms with E-state index in [1.165, 1.54) is 11.1 Å². The van der Waals surface area contributed by atoms with E-state index in [1.54, 1.807) is 0 Å². The van der Waals surface area contributed by atoms with Crippen molar-refractivity contribution in [3.63, 3.8) is 0 Å². The smallest absolute Gasteiger partial charge is 0.0964 e. The monoisotopic (exact) mass is 223 g/mol. The van der Waals surface area contributed by atoms with Gasteiger partial charge in [0.1, 0.15) is 0 Å². The van der Waals surface area contributed by atoms with Crippen LogP contribution in [0.1, 0.15) is 24.0 Å². The SMILES string of the molecule is ClN1CCC2(CC1)OCc1ccccc12. The summed E-state index contributed by atoms with van der Waals surface area (Å²) in [4.78, 5) is 0. The molecule has 0 aliphatic carbocycles. The van der Waals surface area contributed by atoms with E-state index in [2.05, 4.69) is 24.3 Å². The van der Waals surface area contributed by atoms with Crippen molar-refractivity contribution in [2.75, 3.05) is 13.1 Å². The highest BCUT2D eigenvalue weighted by Gasteiger charge is 2.41. The number of ether oxygens (including phenoxy) is 1. The van der Waals surface area contributed by atoms with Crippen molar-refractivity contribution in [2.24, 2.45) is 0 Å². The normalized spacial score (nSPS) is 24.3. The van der Waals surface area contributed by atoms with Gasteiger partial charge in [-0.3, -0.25) is 0 Å². The highest BCUT2D eigenvalue weighted by Crippen LogP contribution is 2.44. The predicted molar refractivity (Wildman–Crippen MR) is 59.6 cm³/mol. The minimum atomic E-state index is -0.0397. The highest BCUT2D eigenvalue weighted by molar-refractivity contribution is 6.13. The fourth-order valence-electron chi connectivity index (χ4n) is 2.64. The van der Waals surface area contributed by atoms with Gasteiger partial charge in [-0.15, -0.1) is 0 Å². The van der Waals surface area contributed by atoms with Gasteiger partial charge in [-0.25, -0.2) is 4.42 Å². The van der Waals surface area contributed by atoms with Crippen molar-refractivity contribution < 1.29 is 4.74 Å². The molecular weight excluding hydrogens is 210 g/mol. The van der Waals surface area contributed by atoms with Crippen LogP contribution in [0.4, 0.5) is 0 Å². The lowest BCUT2D eigenvalue weighted by Gasteiger charge is -2.36. The van der Waals surface area contributed by atoms with Gasteiger partial charge in [-0.2, -0.15) is 0 Å². The molecule has 2 nitrogen and oxygen atoms in total. The van der Waals surface area contributed by atoms with Gasteiger partial charge < -0.3 is 4.74 Å². The molecule has 0 bridgehead atoms. The molecule has 0 radical (unpaired) electrons. The molecule has 1 fully saturated rings. The number of piperidine rings is 1. The first-order valence-electron chi connectivity index (χ1n) is 5.43. The largest absolute Gasteiger partial charge is 0.365 e. The second-order valence-corrected chi connectivity index (χ2v) is 4.83. The molecule has 1 aromatic carbocycles. The lowest BCUT2D eigenvalue weighted by Crippen LogP contribution is -2.38. The molecule has 0 unspecified atom stereocenters. The molecule has 0 N–H and O–H groups in total. The molecule has 2 heterocycles. The molecule has 0 atom stereocenters. The first kappa shape index (κ1) is 9.64. The molecule has 0 amide bonds. The van der Waals surface area contributed by atoms with Crippen molar-refractivity contribution in [2.45, 2.75) is 25.0 Å². The molecule has 15 heavy (non-hydrogen) atoms. The number of fused-ring (bicyclic) bond motifs is 2. The van der Waals surface area contributed by atoms with Crippen molar-refractivity contribution in [1.82, 2.24) is 4.42 Å². The summed E-state index contributed by atoms with van der Waals surface area (Å²) in [5.41, 5.74) is 2.69. The topological polar surface area (TPSA) is 12.5 Å². The molecule has 2 aliphatic heterocycles. The standard InChI is InChI=1S/C12H14ClNO/c13-14-7-5-12(6-8-14)11-4-2-1-3-10(11)9-15-12/h1-4H,5-9H2. The van der Waals surface area contributed by atoms with E-state index >= 15 is 0 Å². The molecule has 80 valence electrons. The number of hydrogen-bond donors (Lipinski definition) is 0. The third-order valence-corrected chi connectivity index (χ3v) is 3.87. The summed E-state index contributed by atoms with van der Waals surface area (Å²) in [5.74, 6) is 0. The van der Waals surface area contributed by atoms with Crippen LogP contribution >= 0.6 is 11.8 Å². The molecular formula is C12H14ClNO. The van der Waals surface area contributed by atoms with Crippen molar-refractivity contribution in [1.29, 1.82) is 0 Å². The number of nitrogens with zero attached hydrogens (tertiary/aromatic N) is 1. The van der Waals surface area contributed by atoms with E-state index in [-0.39, 0.29) is 5.60 Å². The maximum absolute atomic E-state index is 6.01. The second-order valence-electron chi connectivity index (χ2n) is 4.35. The average molecular weight is 224 g/mol. The van der Waals surface area contributed by atoms with E-state index in [0.717, 1.165) is 32.5 Å². The van der Waals surface area contributed by atoms with Crippen LogP contribution in [-0.4, -0.2) is 17.5 Å². The molecule has 3 heteroatoms. The van der Waals surface area contributed by atoms with Crippen molar-refractivity contribution >= 4 is 11.8 Å². The molecule has 1 aromatic rings. The summed E-state index contributed by atoms with van der Waals surface area (Å²) in [6.45, 7) is 2.59. The van der Waals surface area contributed by atoms with Crippen LogP contribution in [0.25, 0.3) is 0 Å². The lowest BCUT2D eigenvalue weighted by atomic mass is 9.84. The summed E-state index contributed by atoms with van der Waals surface area (Å²) >= 11 is 5.98. The third-order valence-electron chi connectivity index (χ3n) is 3.53. The Morgan fingerprint density at radius 2 is 1.93 bits per heavy atom. The van der Waals surface area contributed by atoms with Gasteiger partial charge in [0, 0.05) is 13.1 Å². The van der Waals surface area contributed by atoms with E-state index < -0.39 is 0 Å². The predicted octanol–water partition coefficient (Wildman–Crippen LogP) is 2.66. The fraction of sp³-hybridized carbons (Fsp3) is 0.500. The van der Waals surface area contributed by atoms with Crippen LogP contribution in [0.15, 0.2) is 24.3 Å². The Morgan fingerprint density at radius 3 is 2.73 bits per heavy atom. The zero-order valence-corrected chi connectivity index (χ0v) is 9.33. The summed E-state index contributed by atoms with van der Waals surface area (Å²) in [7, 11) is 0. The van der Waals surface area contributed by atoms with Crippen molar-refractivity contribution in [3.05, 3.63) is 35.4 Å². The van der Waals surface area contributed by atoms with Gasteiger partial charge >= 0.3 is 0 Å².